The van der Waals surface area contributed by atoms with Crippen LogP contribution in [-0.2, 0) is 14.6 Å². The molecule has 3 N–H and O–H groups in total. The summed E-state index contributed by atoms with van der Waals surface area (Å²) in [5, 5.41) is 16.2. The quantitative estimate of drug-likeness (QED) is 0.376. The minimum absolute atomic E-state index is 0.0227. The van der Waals surface area contributed by atoms with Gasteiger partial charge in [0.05, 0.1) is 26.7 Å². The molecule has 3 amide bonds. The predicted octanol–water partition coefficient (Wildman–Crippen LogP) is 5.32. The molecule has 1 saturated heterocycles. The predicted molar refractivity (Wildman–Crippen MR) is 145 cm³/mol. The van der Waals surface area contributed by atoms with Gasteiger partial charge >= 0.3 is 6.03 Å². The van der Waals surface area contributed by atoms with Crippen molar-refractivity contribution in [1.29, 1.82) is 0 Å². The summed E-state index contributed by atoms with van der Waals surface area (Å²) in [4.78, 5) is 27.4. The number of anilines is 2. The molecule has 3 aromatic carbocycles. The molecule has 1 aliphatic rings. The van der Waals surface area contributed by atoms with Crippen molar-refractivity contribution in [2.75, 3.05) is 23.4 Å². The van der Waals surface area contributed by atoms with Gasteiger partial charge in [0.1, 0.15) is 6.04 Å². The van der Waals surface area contributed by atoms with Crippen molar-refractivity contribution < 1.29 is 23.1 Å². The first kappa shape index (κ1) is 27.2. The van der Waals surface area contributed by atoms with E-state index < -0.39 is 33.9 Å². The molecule has 1 fully saturated rings. The minimum Gasteiger partial charge on any atom is -0.391 e. The molecule has 2 unspecified atom stereocenters. The standard InChI is InChI=1S/C25H22Cl3N3O5S/c1-37(35,36)22-5-3-2-4-18(22)14-10-19(27)23(20(28)11-14)30-24(33)21-12-17(32)13-31(21)25(34)29-16-8-6-15(26)7-9-16/h2-11,17,21,32H,12-13H2,1H3,(H,29,34)(H,30,33). The Balaban J connectivity index is 1.56. The van der Waals surface area contributed by atoms with Crippen LogP contribution in [0.25, 0.3) is 11.1 Å². The van der Waals surface area contributed by atoms with Gasteiger partial charge in [0.15, 0.2) is 9.84 Å². The number of hydrogen-bond acceptors (Lipinski definition) is 5. The lowest BCUT2D eigenvalue weighted by molar-refractivity contribution is -0.119. The lowest BCUT2D eigenvalue weighted by atomic mass is 10.0. The minimum atomic E-state index is -3.52. The van der Waals surface area contributed by atoms with Gasteiger partial charge in [0, 0.05) is 35.5 Å². The van der Waals surface area contributed by atoms with Crippen LogP contribution in [0.3, 0.4) is 0 Å². The molecule has 2 atom stereocenters. The first-order valence-corrected chi connectivity index (χ1v) is 14.1. The van der Waals surface area contributed by atoms with E-state index in [4.69, 9.17) is 34.8 Å². The summed E-state index contributed by atoms with van der Waals surface area (Å²) in [6.07, 6.45) is 0.233. The third-order valence-corrected chi connectivity index (χ3v) is 7.83. The number of urea groups is 1. The smallest absolute Gasteiger partial charge is 0.322 e. The number of aliphatic hydroxyl groups is 1. The summed E-state index contributed by atoms with van der Waals surface area (Å²) < 4.78 is 24.4. The molecule has 12 heteroatoms. The van der Waals surface area contributed by atoms with Crippen molar-refractivity contribution in [3.8, 4) is 11.1 Å². The summed E-state index contributed by atoms with van der Waals surface area (Å²) in [5.41, 5.74) is 1.45. The number of nitrogens with one attached hydrogen (secondary N) is 2. The summed E-state index contributed by atoms with van der Waals surface area (Å²) in [7, 11) is -3.52. The number of carbonyl (C=O) groups excluding carboxylic acids is 2. The zero-order valence-corrected chi connectivity index (χ0v) is 22.5. The summed E-state index contributed by atoms with van der Waals surface area (Å²) >= 11 is 18.8. The SMILES string of the molecule is CS(=O)(=O)c1ccccc1-c1cc(Cl)c(NC(=O)C2CC(O)CN2C(=O)Nc2ccc(Cl)cc2)c(Cl)c1. The molecule has 1 aliphatic heterocycles. The number of carbonyl (C=O) groups is 2. The molecule has 4 rings (SSSR count). The zero-order chi connectivity index (χ0) is 26.9. The maximum atomic E-state index is 13.2. The fraction of sp³-hybridized carbons (Fsp3) is 0.200. The first-order valence-electron chi connectivity index (χ1n) is 11.0. The van der Waals surface area contributed by atoms with Crippen LogP contribution in [0.2, 0.25) is 15.1 Å². The molecule has 0 bridgehead atoms. The number of benzene rings is 3. The van der Waals surface area contributed by atoms with Crippen LogP contribution in [0, 0.1) is 0 Å². The van der Waals surface area contributed by atoms with Crippen molar-refractivity contribution in [1.82, 2.24) is 4.90 Å². The van der Waals surface area contributed by atoms with E-state index in [9.17, 15) is 23.1 Å². The van der Waals surface area contributed by atoms with E-state index in [0.29, 0.717) is 21.8 Å². The maximum absolute atomic E-state index is 13.2. The maximum Gasteiger partial charge on any atom is 0.322 e. The van der Waals surface area contributed by atoms with Crippen molar-refractivity contribution in [3.63, 3.8) is 0 Å². The van der Waals surface area contributed by atoms with E-state index in [1.54, 1.807) is 42.5 Å². The van der Waals surface area contributed by atoms with Crippen LogP contribution in [0.15, 0.2) is 65.6 Å². The van der Waals surface area contributed by atoms with E-state index >= 15 is 0 Å². The van der Waals surface area contributed by atoms with Gasteiger partial charge in [-0.05, 0) is 48.0 Å². The molecular formula is C25H22Cl3N3O5S. The third kappa shape index (κ3) is 6.19. The molecule has 37 heavy (non-hydrogen) atoms. The second-order valence-electron chi connectivity index (χ2n) is 8.57. The monoisotopic (exact) mass is 581 g/mol. The van der Waals surface area contributed by atoms with E-state index in [1.165, 1.54) is 23.1 Å². The molecule has 0 spiro atoms. The van der Waals surface area contributed by atoms with Gasteiger partial charge in [-0.1, -0.05) is 53.0 Å². The highest BCUT2D eigenvalue weighted by Gasteiger charge is 2.39. The van der Waals surface area contributed by atoms with E-state index in [-0.39, 0.29) is 33.6 Å². The molecule has 0 aromatic heterocycles. The normalized spacial score (nSPS) is 17.5. The van der Waals surface area contributed by atoms with E-state index in [1.807, 2.05) is 0 Å². The molecule has 0 radical (unpaired) electrons. The number of aliphatic hydroxyl groups excluding tert-OH is 1. The third-order valence-electron chi connectivity index (χ3n) is 5.83. The summed E-state index contributed by atoms with van der Waals surface area (Å²) in [5.74, 6) is -0.587. The number of sulfone groups is 1. The van der Waals surface area contributed by atoms with Crippen LogP contribution in [0.1, 0.15) is 6.42 Å². The highest BCUT2D eigenvalue weighted by molar-refractivity contribution is 7.90. The average Bonchev–Trinajstić information content (AvgIpc) is 3.24. The van der Waals surface area contributed by atoms with Crippen LogP contribution >= 0.6 is 34.8 Å². The number of hydrogen-bond donors (Lipinski definition) is 3. The molecule has 1 heterocycles. The number of nitrogens with zero attached hydrogens (tertiary/aromatic N) is 1. The van der Waals surface area contributed by atoms with Crippen LogP contribution in [0.4, 0.5) is 16.2 Å². The molecule has 0 aliphatic carbocycles. The Bertz CT molecular complexity index is 1440. The van der Waals surface area contributed by atoms with Gasteiger partial charge in [-0.2, -0.15) is 0 Å². The first-order chi connectivity index (χ1) is 17.4. The van der Waals surface area contributed by atoms with E-state index in [2.05, 4.69) is 10.6 Å². The second kappa shape index (κ2) is 10.9. The summed E-state index contributed by atoms with van der Waals surface area (Å²) in [6.45, 7) is -0.0415. The number of halogens is 3. The Kier molecular flexibility index (Phi) is 8.01. The van der Waals surface area contributed by atoms with Crippen LogP contribution in [-0.4, -0.2) is 55.3 Å². The van der Waals surface area contributed by atoms with Crippen molar-refractivity contribution in [3.05, 3.63) is 75.7 Å². The zero-order valence-electron chi connectivity index (χ0n) is 19.4. The Labute approximate surface area is 229 Å². The van der Waals surface area contributed by atoms with Gasteiger partial charge in [0.2, 0.25) is 5.91 Å². The Morgan fingerprint density at radius 2 is 1.59 bits per heavy atom. The van der Waals surface area contributed by atoms with Gasteiger partial charge in [0.25, 0.3) is 0 Å². The highest BCUT2D eigenvalue weighted by atomic mass is 35.5. The number of β-amino-alcohol motifs (C(OH)–C–C–N with tert-alkyl or cyclic N) is 1. The fourth-order valence-corrected chi connectivity index (χ4v) is 5.72. The lowest BCUT2D eigenvalue weighted by Crippen LogP contribution is -2.45. The number of rotatable bonds is 5. The Morgan fingerprint density at radius 3 is 2.22 bits per heavy atom. The van der Waals surface area contributed by atoms with Crippen molar-refractivity contribution in [2.24, 2.45) is 0 Å². The summed E-state index contributed by atoms with van der Waals surface area (Å²) in [6, 6.07) is 14.3. The van der Waals surface area contributed by atoms with Gasteiger partial charge in [-0.15, -0.1) is 0 Å². The van der Waals surface area contributed by atoms with Crippen molar-refractivity contribution >= 4 is 68.0 Å². The van der Waals surface area contributed by atoms with Gasteiger partial charge in [-0.3, -0.25) is 4.79 Å². The molecule has 0 saturated carbocycles. The van der Waals surface area contributed by atoms with E-state index in [0.717, 1.165) is 6.26 Å². The largest absolute Gasteiger partial charge is 0.391 e. The second-order valence-corrected chi connectivity index (χ2v) is 11.8. The molecular weight excluding hydrogens is 561 g/mol. The topological polar surface area (TPSA) is 116 Å². The Morgan fingerprint density at radius 1 is 0.973 bits per heavy atom. The Hall–Kier alpha value is -2.82. The van der Waals surface area contributed by atoms with Gasteiger partial charge < -0.3 is 20.6 Å². The van der Waals surface area contributed by atoms with Gasteiger partial charge in [-0.25, -0.2) is 13.2 Å². The van der Waals surface area contributed by atoms with Crippen LogP contribution in [0.5, 0.6) is 0 Å². The average molecular weight is 583 g/mol. The van der Waals surface area contributed by atoms with Crippen LogP contribution < -0.4 is 10.6 Å². The molecule has 3 aromatic rings. The highest BCUT2D eigenvalue weighted by Crippen LogP contribution is 2.38. The molecule has 194 valence electrons. The lowest BCUT2D eigenvalue weighted by Gasteiger charge is -2.24. The number of likely N-dealkylation sites (tertiary alicyclic amines) is 1. The molecule has 8 nitrogen and oxygen atoms in total. The number of amides is 3. The fourth-order valence-electron chi connectivity index (χ4n) is 4.10. The van der Waals surface area contributed by atoms with Crippen molar-refractivity contribution in [2.45, 2.75) is 23.5 Å².